The second kappa shape index (κ2) is 11.9. The van der Waals surface area contributed by atoms with E-state index in [9.17, 15) is 13.7 Å². The Morgan fingerprint density at radius 1 is 1.10 bits per heavy atom. The zero-order valence-corrected chi connectivity index (χ0v) is 23.3. The quantitative estimate of drug-likeness (QED) is 0.214. The molecule has 0 amide bonds. The number of sulfonamides is 1. The summed E-state index contributed by atoms with van der Waals surface area (Å²) in [6, 6.07) is 16.2. The van der Waals surface area contributed by atoms with Crippen molar-refractivity contribution < 1.29 is 22.3 Å². The van der Waals surface area contributed by atoms with E-state index < -0.39 is 15.4 Å². The van der Waals surface area contributed by atoms with Gasteiger partial charge in [-0.25, -0.2) is 23.1 Å². The van der Waals surface area contributed by atoms with E-state index in [-0.39, 0.29) is 29.9 Å². The van der Waals surface area contributed by atoms with Crippen LogP contribution in [0.25, 0.3) is 0 Å². The smallest absolute Gasteiger partial charge is 0.267 e. The first kappa shape index (κ1) is 28.2. The van der Waals surface area contributed by atoms with Crippen molar-refractivity contribution in [2.45, 2.75) is 30.8 Å². The standard InChI is InChI=1S/C27H24Cl2N4O5S/c1-27(2,20-13-18(15-30)25(24(29)14-20)37-12-9-28)19-3-5-22(6-4-19)38-16-21-7-10-31-26(32-21)33-39(34,35)23-8-11-36-17-23/h3-8,10-11,13-14,17H,9,12,16H2,1-2H3,(H,31,32,33). The molecule has 4 aromatic rings. The number of anilines is 1. The molecular weight excluding hydrogens is 563 g/mol. The number of aromatic nitrogens is 2. The molecule has 9 nitrogen and oxygen atoms in total. The Hall–Kier alpha value is -3.78. The van der Waals surface area contributed by atoms with E-state index in [0.717, 1.165) is 17.4 Å². The first-order chi connectivity index (χ1) is 18.6. The molecule has 0 aliphatic carbocycles. The number of benzene rings is 2. The minimum absolute atomic E-state index is 0.0301. The van der Waals surface area contributed by atoms with E-state index >= 15 is 0 Å². The van der Waals surface area contributed by atoms with Gasteiger partial charge in [-0.05, 0) is 47.5 Å². The third-order valence-electron chi connectivity index (χ3n) is 5.92. The van der Waals surface area contributed by atoms with Crippen molar-refractivity contribution in [3.05, 3.63) is 94.7 Å². The summed E-state index contributed by atoms with van der Waals surface area (Å²) in [7, 11) is -3.86. The first-order valence-corrected chi connectivity index (χ1v) is 14.1. The van der Waals surface area contributed by atoms with Crippen LogP contribution in [0, 0.1) is 11.3 Å². The van der Waals surface area contributed by atoms with Gasteiger partial charge in [0.1, 0.15) is 36.2 Å². The average Bonchev–Trinajstić information content (AvgIpc) is 3.47. The Labute approximate surface area is 236 Å². The number of halogens is 2. The van der Waals surface area contributed by atoms with E-state index in [2.05, 4.69) is 20.8 Å². The molecule has 4 rings (SSSR count). The number of nitrogens with one attached hydrogen (secondary N) is 1. The SMILES string of the molecule is CC(C)(c1ccc(OCc2ccnc(NS(=O)(=O)c3ccoc3)n2)cc1)c1cc(Cl)c(OCCCl)c(C#N)c1. The highest BCUT2D eigenvalue weighted by Gasteiger charge is 2.26. The molecular formula is C27H24Cl2N4O5S. The van der Waals surface area contributed by atoms with Gasteiger partial charge in [-0.1, -0.05) is 37.6 Å². The van der Waals surface area contributed by atoms with Gasteiger partial charge in [0.15, 0.2) is 5.75 Å². The van der Waals surface area contributed by atoms with Gasteiger partial charge in [0.25, 0.3) is 10.0 Å². The third-order valence-corrected chi connectivity index (χ3v) is 7.66. The lowest BCUT2D eigenvalue weighted by Gasteiger charge is -2.27. The monoisotopic (exact) mass is 586 g/mol. The predicted octanol–water partition coefficient (Wildman–Crippen LogP) is 5.92. The van der Waals surface area contributed by atoms with Gasteiger partial charge in [0.05, 0.1) is 28.4 Å². The number of nitrogens with zero attached hydrogens (tertiary/aromatic N) is 3. The Bertz CT molecular complexity index is 1590. The molecule has 2 heterocycles. The number of nitriles is 1. The summed E-state index contributed by atoms with van der Waals surface area (Å²) >= 11 is 12.2. The summed E-state index contributed by atoms with van der Waals surface area (Å²) < 4.78 is 43.3. The van der Waals surface area contributed by atoms with E-state index in [1.165, 1.54) is 18.5 Å². The maximum Gasteiger partial charge on any atom is 0.267 e. The van der Waals surface area contributed by atoms with Crippen molar-refractivity contribution >= 4 is 39.2 Å². The minimum Gasteiger partial charge on any atom is -0.489 e. The number of furan rings is 1. The molecule has 2 aromatic carbocycles. The maximum absolute atomic E-state index is 12.4. The van der Waals surface area contributed by atoms with Crippen LogP contribution in [0.1, 0.15) is 36.2 Å². The summed E-state index contributed by atoms with van der Waals surface area (Å²) in [6.45, 7) is 4.40. The molecule has 0 atom stereocenters. The third kappa shape index (κ3) is 6.63. The number of rotatable bonds is 11. The summed E-state index contributed by atoms with van der Waals surface area (Å²) in [4.78, 5) is 8.15. The molecule has 0 saturated heterocycles. The molecule has 1 N–H and O–H groups in total. The van der Waals surface area contributed by atoms with Crippen LogP contribution < -0.4 is 14.2 Å². The molecule has 0 aliphatic heterocycles. The molecule has 0 aliphatic rings. The van der Waals surface area contributed by atoms with Crippen LogP contribution >= 0.6 is 23.2 Å². The van der Waals surface area contributed by atoms with Gasteiger partial charge in [0.2, 0.25) is 5.95 Å². The van der Waals surface area contributed by atoms with E-state index in [0.29, 0.717) is 27.8 Å². The first-order valence-electron chi connectivity index (χ1n) is 11.7. The highest BCUT2D eigenvalue weighted by molar-refractivity contribution is 7.92. The van der Waals surface area contributed by atoms with Gasteiger partial charge >= 0.3 is 0 Å². The summed E-state index contributed by atoms with van der Waals surface area (Å²) in [5.74, 6) is 1.12. The Morgan fingerprint density at radius 2 is 1.87 bits per heavy atom. The Balaban J connectivity index is 1.45. The summed E-state index contributed by atoms with van der Waals surface area (Å²) in [5.41, 5.74) is 2.16. The molecule has 12 heteroatoms. The van der Waals surface area contributed by atoms with Crippen LogP contribution in [0.15, 0.2) is 76.6 Å². The van der Waals surface area contributed by atoms with Gasteiger partial charge in [-0.3, -0.25) is 0 Å². The highest BCUT2D eigenvalue weighted by Crippen LogP contribution is 2.38. The van der Waals surface area contributed by atoms with Crippen LogP contribution in [0.4, 0.5) is 5.95 Å². The van der Waals surface area contributed by atoms with E-state index in [1.54, 1.807) is 18.2 Å². The second-order valence-corrected chi connectivity index (χ2v) is 11.3. The largest absolute Gasteiger partial charge is 0.489 e. The molecule has 0 unspecified atom stereocenters. The molecule has 0 radical (unpaired) electrons. The van der Waals surface area contributed by atoms with Crippen molar-refractivity contribution in [2.24, 2.45) is 0 Å². The Kier molecular flexibility index (Phi) is 8.65. The molecule has 202 valence electrons. The number of hydrogen-bond acceptors (Lipinski definition) is 8. The number of alkyl halides is 1. The minimum atomic E-state index is -3.86. The lowest BCUT2D eigenvalue weighted by atomic mass is 9.77. The van der Waals surface area contributed by atoms with Gasteiger partial charge in [-0.15, -0.1) is 11.6 Å². The van der Waals surface area contributed by atoms with Crippen LogP contribution in [-0.4, -0.2) is 30.9 Å². The normalized spacial score (nSPS) is 11.6. The predicted molar refractivity (Wildman–Crippen MR) is 147 cm³/mol. The molecule has 0 bridgehead atoms. The number of ether oxygens (including phenoxy) is 2. The van der Waals surface area contributed by atoms with Crippen molar-refractivity contribution in [1.29, 1.82) is 5.26 Å². The van der Waals surface area contributed by atoms with Crippen molar-refractivity contribution in [3.8, 4) is 17.6 Å². The fraction of sp³-hybridized carbons (Fsp3) is 0.222. The molecule has 39 heavy (non-hydrogen) atoms. The lowest BCUT2D eigenvalue weighted by molar-refractivity contribution is 0.301. The summed E-state index contributed by atoms with van der Waals surface area (Å²) in [6.07, 6.45) is 3.82. The van der Waals surface area contributed by atoms with Gasteiger partial charge in [0, 0.05) is 11.6 Å². The van der Waals surface area contributed by atoms with Crippen molar-refractivity contribution in [2.75, 3.05) is 17.2 Å². The average molecular weight is 587 g/mol. The molecule has 0 saturated carbocycles. The maximum atomic E-state index is 12.4. The number of hydrogen-bond donors (Lipinski definition) is 1. The van der Waals surface area contributed by atoms with Crippen LogP contribution in [0.3, 0.4) is 0 Å². The lowest BCUT2D eigenvalue weighted by Crippen LogP contribution is -2.19. The molecule has 0 fully saturated rings. The fourth-order valence-corrected chi connectivity index (χ4v) is 4.95. The topological polar surface area (TPSA) is 127 Å². The van der Waals surface area contributed by atoms with Crippen LogP contribution in [0.2, 0.25) is 5.02 Å². The second-order valence-electron chi connectivity index (χ2n) is 8.86. The summed E-state index contributed by atoms with van der Waals surface area (Å²) in [5, 5.41) is 9.97. The zero-order chi connectivity index (χ0) is 28.0. The van der Waals surface area contributed by atoms with Crippen LogP contribution in [0.5, 0.6) is 11.5 Å². The molecule has 0 spiro atoms. The van der Waals surface area contributed by atoms with Crippen molar-refractivity contribution in [1.82, 2.24) is 9.97 Å². The van der Waals surface area contributed by atoms with Crippen LogP contribution in [-0.2, 0) is 22.0 Å². The van der Waals surface area contributed by atoms with E-state index in [1.807, 2.05) is 38.1 Å². The van der Waals surface area contributed by atoms with Gasteiger partial charge < -0.3 is 13.9 Å². The van der Waals surface area contributed by atoms with E-state index in [4.69, 9.17) is 37.1 Å². The van der Waals surface area contributed by atoms with Gasteiger partial charge in [-0.2, -0.15) is 5.26 Å². The molecule has 2 aromatic heterocycles. The fourth-order valence-electron chi connectivity index (χ4n) is 3.73. The zero-order valence-electron chi connectivity index (χ0n) is 21.0. The van der Waals surface area contributed by atoms with Crippen molar-refractivity contribution in [3.63, 3.8) is 0 Å². The highest BCUT2D eigenvalue weighted by atomic mass is 35.5. The Morgan fingerprint density at radius 3 is 2.54 bits per heavy atom.